The topological polar surface area (TPSA) is 42.4 Å². The zero-order chi connectivity index (χ0) is 12.3. The minimum Gasteiger partial charge on any atom is -0.402 e. The third-order valence-electron chi connectivity index (χ3n) is 1.63. The van der Waals surface area contributed by atoms with Crippen LogP contribution >= 0.6 is 11.6 Å². The minimum absolute atomic E-state index is 0.242. The van der Waals surface area contributed by atoms with Crippen LogP contribution in [0.2, 0.25) is 0 Å². The molecule has 8 heteroatoms. The molecule has 1 heterocycles. The van der Waals surface area contributed by atoms with Crippen molar-refractivity contribution in [3.05, 3.63) is 23.3 Å². The highest BCUT2D eigenvalue weighted by atomic mass is 35.5. The molecule has 0 aromatic carbocycles. The van der Waals surface area contributed by atoms with Crippen LogP contribution in [-0.2, 0) is 12.5 Å². The Morgan fingerprint density at radius 2 is 2.06 bits per heavy atom. The summed E-state index contributed by atoms with van der Waals surface area (Å²) >= 11 is 5.31. The van der Waals surface area contributed by atoms with E-state index in [0.29, 0.717) is 0 Å². The van der Waals surface area contributed by atoms with Gasteiger partial charge in [0.05, 0.1) is 12.5 Å². The molecule has 0 radical (unpaired) electrons. The fourth-order valence-corrected chi connectivity index (χ4v) is 1.17. The first-order valence-corrected chi connectivity index (χ1v) is 4.51. The predicted octanol–water partition coefficient (Wildman–Crippen LogP) is 2.35. The lowest BCUT2D eigenvalue weighted by Gasteiger charge is -2.13. The van der Waals surface area contributed by atoms with Crippen molar-refractivity contribution in [3.63, 3.8) is 0 Å². The van der Waals surface area contributed by atoms with Crippen LogP contribution in [0.5, 0.6) is 5.75 Å². The molecule has 0 aliphatic heterocycles. The number of ether oxygens (including phenoxy) is 1. The maximum absolute atomic E-state index is 13.3. The monoisotopic (exact) mass is 259 g/mol. The number of nitrogens with zero attached hydrogens (tertiary/aromatic N) is 1. The highest BCUT2D eigenvalue weighted by molar-refractivity contribution is 6.17. The lowest BCUT2D eigenvalue weighted by atomic mass is 10.2. The highest BCUT2D eigenvalue weighted by Crippen LogP contribution is 2.31. The second-order valence-electron chi connectivity index (χ2n) is 2.71. The molecule has 0 atom stereocenters. The van der Waals surface area contributed by atoms with Crippen LogP contribution in [0.15, 0.2) is 6.20 Å². The number of aliphatic hydroxyl groups is 1. The summed E-state index contributed by atoms with van der Waals surface area (Å²) in [4.78, 5) is 3.40. The van der Waals surface area contributed by atoms with Gasteiger partial charge in [0.2, 0.25) is 0 Å². The van der Waals surface area contributed by atoms with Crippen molar-refractivity contribution in [1.29, 1.82) is 0 Å². The molecular weight excluding hydrogens is 254 g/mol. The van der Waals surface area contributed by atoms with Gasteiger partial charge < -0.3 is 9.84 Å². The van der Waals surface area contributed by atoms with E-state index in [1.54, 1.807) is 0 Å². The van der Waals surface area contributed by atoms with E-state index in [4.69, 9.17) is 16.7 Å². The Labute approximate surface area is 92.6 Å². The summed E-state index contributed by atoms with van der Waals surface area (Å²) < 4.78 is 52.7. The molecule has 1 aromatic heterocycles. The van der Waals surface area contributed by atoms with E-state index >= 15 is 0 Å². The van der Waals surface area contributed by atoms with E-state index in [2.05, 4.69) is 9.72 Å². The Hall–Kier alpha value is -1.08. The molecule has 3 nitrogen and oxygen atoms in total. The lowest BCUT2D eigenvalue weighted by molar-refractivity contribution is -0.275. The first-order valence-electron chi connectivity index (χ1n) is 3.98. The first-order chi connectivity index (χ1) is 7.39. The average molecular weight is 260 g/mol. The van der Waals surface area contributed by atoms with Crippen LogP contribution in [0, 0.1) is 5.82 Å². The number of aromatic nitrogens is 1. The number of hydrogen-bond acceptors (Lipinski definition) is 3. The zero-order valence-corrected chi connectivity index (χ0v) is 8.44. The van der Waals surface area contributed by atoms with E-state index in [0.717, 1.165) is 6.20 Å². The molecule has 1 aromatic rings. The molecule has 0 spiro atoms. The van der Waals surface area contributed by atoms with E-state index < -0.39 is 30.2 Å². The van der Waals surface area contributed by atoms with Gasteiger partial charge in [0.15, 0.2) is 11.6 Å². The third-order valence-corrected chi connectivity index (χ3v) is 1.92. The predicted molar refractivity (Wildman–Crippen MR) is 46.4 cm³/mol. The van der Waals surface area contributed by atoms with Crippen LogP contribution in [0.4, 0.5) is 17.6 Å². The standard InChI is InChI=1S/C8H6ClF4NO2/c9-1-4-2-14-5(3-15)6(10)7(4)16-8(11,12)13/h2,15H,1,3H2. The Kier molecular flexibility index (Phi) is 3.93. The fourth-order valence-electron chi connectivity index (χ4n) is 0.975. The van der Waals surface area contributed by atoms with Crippen molar-refractivity contribution in [2.24, 2.45) is 0 Å². The van der Waals surface area contributed by atoms with Gasteiger partial charge in [-0.1, -0.05) is 0 Å². The first kappa shape index (κ1) is 13.0. The van der Waals surface area contributed by atoms with Gasteiger partial charge in [-0.15, -0.1) is 24.8 Å². The van der Waals surface area contributed by atoms with Crippen LogP contribution in [0.3, 0.4) is 0 Å². The summed E-state index contributed by atoms with van der Waals surface area (Å²) in [5.41, 5.74) is -0.776. The number of pyridine rings is 1. The molecule has 1 N–H and O–H groups in total. The Morgan fingerprint density at radius 3 is 2.50 bits per heavy atom. The average Bonchev–Trinajstić information content (AvgIpc) is 2.19. The van der Waals surface area contributed by atoms with Crippen LogP contribution < -0.4 is 4.74 Å². The summed E-state index contributed by atoms with van der Waals surface area (Å²) in [6.45, 7) is -0.831. The van der Waals surface area contributed by atoms with Crippen molar-refractivity contribution >= 4 is 11.6 Å². The summed E-state index contributed by atoms with van der Waals surface area (Å²) in [6.07, 6.45) is -4.11. The summed E-state index contributed by atoms with van der Waals surface area (Å²) in [6, 6.07) is 0. The minimum atomic E-state index is -5.03. The van der Waals surface area contributed by atoms with Gasteiger partial charge in [0, 0.05) is 11.8 Å². The second-order valence-corrected chi connectivity index (χ2v) is 2.98. The van der Waals surface area contributed by atoms with Gasteiger partial charge in [-0.05, 0) is 0 Å². The van der Waals surface area contributed by atoms with Crippen LogP contribution in [-0.4, -0.2) is 16.5 Å². The second kappa shape index (κ2) is 4.84. The molecule has 0 saturated heterocycles. The third kappa shape index (κ3) is 2.96. The van der Waals surface area contributed by atoms with Crippen molar-refractivity contribution in [3.8, 4) is 5.75 Å². The van der Waals surface area contributed by atoms with Crippen LogP contribution in [0.25, 0.3) is 0 Å². The van der Waals surface area contributed by atoms with Gasteiger partial charge in [-0.3, -0.25) is 4.98 Å². The fraction of sp³-hybridized carbons (Fsp3) is 0.375. The summed E-state index contributed by atoms with van der Waals surface area (Å²) in [7, 11) is 0. The Morgan fingerprint density at radius 1 is 1.44 bits per heavy atom. The quantitative estimate of drug-likeness (QED) is 0.669. The van der Waals surface area contributed by atoms with Crippen molar-refractivity contribution in [2.45, 2.75) is 18.8 Å². The number of alkyl halides is 4. The Balaban J connectivity index is 3.21. The van der Waals surface area contributed by atoms with E-state index in [1.807, 2.05) is 0 Å². The highest BCUT2D eigenvalue weighted by Gasteiger charge is 2.34. The molecule has 0 aliphatic rings. The van der Waals surface area contributed by atoms with Gasteiger partial charge in [-0.25, -0.2) is 4.39 Å². The van der Waals surface area contributed by atoms with Crippen molar-refractivity contribution in [2.75, 3.05) is 0 Å². The molecule has 0 saturated carbocycles. The normalized spacial score (nSPS) is 11.6. The van der Waals surface area contributed by atoms with E-state index in [-0.39, 0.29) is 11.4 Å². The van der Waals surface area contributed by atoms with Crippen LogP contribution in [0.1, 0.15) is 11.3 Å². The molecule has 0 bridgehead atoms. The Bertz CT molecular complexity index is 383. The van der Waals surface area contributed by atoms with Gasteiger partial charge in [-0.2, -0.15) is 0 Å². The number of rotatable bonds is 3. The van der Waals surface area contributed by atoms with E-state index in [1.165, 1.54) is 0 Å². The maximum atomic E-state index is 13.3. The molecule has 0 unspecified atom stereocenters. The smallest absolute Gasteiger partial charge is 0.402 e. The van der Waals surface area contributed by atoms with Gasteiger partial charge >= 0.3 is 6.36 Å². The molecule has 0 amide bonds. The number of halogens is 5. The molecular formula is C8H6ClF4NO2. The largest absolute Gasteiger partial charge is 0.573 e. The van der Waals surface area contributed by atoms with Gasteiger partial charge in [0.1, 0.15) is 5.69 Å². The summed E-state index contributed by atoms with van der Waals surface area (Å²) in [5, 5.41) is 8.63. The van der Waals surface area contributed by atoms with Gasteiger partial charge in [0.25, 0.3) is 0 Å². The molecule has 16 heavy (non-hydrogen) atoms. The summed E-state index contributed by atoms with van der Waals surface area (Å²) in [5.74, 6) is -2.80. The molecule has 90 valence electrons. The SMILES string of the molecule is OCc1ncc(CCl)c(OC(F)(F)F)c1F. The molecule has 1 rings (SSSR count). The maximum Gasteiger partial charge on any atom is 0.573 e. The molecule has 0 fully saturated rings. The molecule has 0 aliphatic carbocycles. The van der Waals surface area contributed by atoms with E-state index in [9.17, 15) is 17.6 Å². The zero-order valence-electron chi connectivity index (χ0n) is 7.68. The number of hydrogen-bond donors (Lipinski definition) is 1. The van der Waals surface area contributed by atoms with Crippen molar-refractivity contribution in [1.82, 2.24) is 4.98 Å². The lowest BCUT2D eigenvalue weighted by Crippen LogP contribution is -2.19. The van der Waals surface area contributed by atoms with Crippen molar-refractivity contribution < 1.29 is 27.4 Å². The number of aliphatic hydroxyl groups excluding tert-OH is 1.